The van der Waals surface area contributed by atoms with Crippen molar-refractivity contribution in [2.24, 2.45) is 22.4 Å². The van der Waals surface area contributed by atoms with Gasteiger partial charge in [-0.3, -0.25) is 9.59 Å². The number of esters is 1. The third-order valence-electron chi connectivity index (χ3n) is 7.85. The van der Waals surface area contributed by atoms with E-state index >= 15 is 0 Å². The number of nitrogens with one attached hydrogen (secondary N) is 1. The molecule has 2 heterocycles. The van der Waals surface area contributed by atoms with Crippen molar-refractivity contribution in [1.29, 1.82) is 5.26 Å². The highest BCUT2D eigenvalue weighted by Crippen LogP contribution is 2.33. The average Bonchev–Trinajstić information content (AvgIpc) is 3.32. The first kappa shape index (κ1) is 34.3. The van der Waals surface area contributed by atoms with Gasteiger partial charge in [-0.1, -0.05) is 19.3 Å². The lowest BCUT2D eigenvalue weighted by atomic mass is 9.94. The number of hydrogen-bond donors (Lipinski definition) is 3. The van der Waals surface area contributed by atoms with Crippen LogP contribution in [0.4, 0.5) is 5.69 Å². The zero-order valence-corrected chi connectivity index (χ0v) is 26.3. The zero-order valence-electron chi connectivity index (χ0n) is 26.3. The van der Waals surface area contributed by atoms with E-state index in [0.717, 1.165) is 30.4 Å². The van der Waals surface area contributed by atoms with Crippen molar-refractivity contribution in [1.82, 2.24) is 10.2 Å². The molecule has 0 spiro atoms. The van der Waals surface area contributed by atoms with Gasteiger partial charge >= 0.3 is 5.97 Å². The van der Waals surface area contributed by atoms with Crippen LogP contribution in [0, 0.1) is 17.2 Å². The molecule has 1 aliphatic carbocycles. The van der Waals surface area contributed by atoms with E-state index in [9.17, 15) is 14.4 Å². The molecule has 1 saturated carbocycles. The minimum absolute atomic E-state index is 0.124. The van der Waals surface area contributed by atoms with Crippen molar-refractivity contribution in [2.45, 2.75) is 103 Å². The first-order valence-electron chi connectivity index (χ1n) is 15.3. The quantitative estimate of drug-likeness (QED) is 0.128. The second-order valence-electron chi connectivity index (χ2n) is 12.4. The third-order valence-corrected chi connectivity index (χ3v) is 7.85. The fourth-order valence-electron chi connectivity index (χ4n) is 5.41. The van der Waals surface area contributed by atoms with Crippen LogP contribution in [-0.4, -0.2) is 53.4 Å². The van der Waals surface area contributed by atoms with Crippen LogP contribution >= 0.6 is 0 Å². The summed E-state index contributed by atoms with van der Waals surface area (Å²) < 4.78 is 10.7. The number of ether oxygens (including phenoxy) is 2. The van der Waals surface area contributed by atoms with Gasteiger partial charge in [0.15, 0.2) is 6.10 Å². The highest BCUT2D eigenvalue weighted by Gasteiger charge is 2.33. The number of rotatable bonds is 8. The van der Waals surface area contributed by atoms with Gasteiger partial charge in [0, 0.05) is 42.0 Å². The second kappa shape index (κ2) is 16.1. The van der Waals surface area contributed by atoms with E-state index in [-0.39, 0.29) is 17.8 Å². The summed E-state index contributed by atoms with van der Waals surface area (Å²) in [5.41, 5.74) is 15.0. The Morgan fingerprint density at radius 2 is 1.93 bits per heavy atom. The molecule has 0 bridgehead atoms. The molecular formula is C33H46N6O5. The molecule has 2 amide bonds. The van der Waals surface area contributed by atoms with Crippen molar-refractivity contribution >= 4 is 29.8 Å². The van der Waals surface area contributed by atoms with Crippen molar-refractivity contribution in [3.05, 3.63) is 52.9 Å². The molecule has 2 unspecified atom stereocenters. The van der Waals surface area contributed by atoms with E-state index in [0.29, 0.717) is 61.2 Å². The molecule has 0 radical (unpaired) electrons. The number of nitrogens with zero attached hydrogens (tertiary/aromatic N) is 3. The molecule has 0 aromatic heterocycles. The standard InChI is InChI=1S/C21H27N5O2.C12H19NO3/c1-14(19(22)9-10-24-13-27)20(23)25-16-7-8-18-15(11-16)12-26(21(18)28)17-5-3-2-4-6-17;1-12(2,3)16-11(14)10-5-4-9(6-7-13)8-15-10/h7-11,13,17H,2-6,12,22H2,1H3,(H2,23,25)(H,24,27);9-10H,4-6,8H2,1-3H3/b10-9-,19-14-;. The van der Waals surface area contributed by atoms with E-state index in [1.54, 1.807) is 19.1 Å². The lowest BCUT2D eigenvalue weighted by molar-refractivity contribution is -0.173. The van der Waals surface area contributed by atoms with Crippen molar-refractivity contribution in [3.8, 4) is 6.07 Å². The van der Waals surface area contributed by atoms with Gasteiger partial charge in [-0.2, -0.15) is 5.26 Å². The number of hydrogen-bond acceptors (Lipinski definition) is 8. The normalized spacial score (nSPS) is 21.5. The molecule has 1 aromatic rings. The van der Waals surface area contributed by atoms with Gasteiger partial charge in [0.05, 0.1) is 18.4 Å². The number of carbonyl (C=O) groups excluding carboxylic acids is 3. The zero-order chi connectivity index (χ0) is 32.3. The second-order valence-corrected chi connectivity index (χ2v) is 12.4. The molecule has 2 aliphatic heterocycles. The summed E-state index contributed by atoms with van der Waals surface area (Å²) in [7, 11) is 0. The topological polar surface area (TPSA) is 173 Å². The third kappa shape index (κ3) is 9.95. The number of aliphatic imine (C=N–C) groups is 1. The number of amides is 2. The summed E-state index contributed by atoms with van der Waals surface area (Å²) in [5.74, 6) is 0.395. The highest BCUT2D eigenvalue weighted by atomic mass is 16.6. The van der Waals surface area contributed by atoms with Crippen LogP contribution < -0.4 is 16.8 Å². The number of amidine groups is 1. The number of benzene rings is 1. The molecule has 238 valence electrons. The van der Waals surface area contributed by atoms with Gasteiger partial charge in [-0.15, -0.1) is 0 Å². The van der Waals surface area contributed by atoms with Gasteiger partial charge in [0.25, 0.3) is 5.91 Å². The lowest BCUT2D eigenvalue weighted by Crippen LogP contribution is -2.37. The highest BCUT2D eigenvalue weighted by molar-refractivity contribution is 6.00. The Kier molecular flexibility index (Phi) is 12.5. The van der Waals surface area contributed by atoms with Gasteiger partial charge in [0.2, 0.25) is 6.41 Å². The molecule has 44 heavy (non-hydrogen) atoms. The van der Waals surface area contributed by atoms with Crippen LogP contribution in [0.5, 0.6) is 0 Å². The fraction of sp³-hybridized carbons (Fsp3) is 0.545. The summed E-state index contributed by atoms with van der Waals surface area (Å²) in [6, 6.07) is 8.04. The number of nitriles is 1. The minimum atomic E-state index is -0.468. The first-order valence-corrected chi connectivity index (χ1v) is 15.3. The van der Waals surface area contributed by atoms with E-state index in [2.05, 4.69) is 16.4 Å². The monoisotopic (exact) mass is 606 g/mol. The molecule has 3 aliphatic rings. The van der Waals surface area contributed by atoms with Gasteiger partial charge in [-0.05, 0) is 89.1 Å². The fourth-order valence-corrected chi connectivity index (χ4v) is 5.41. The number of nitrogens with two attached hydrogens (primary N) is 2. The van der Waals surface area contributed by atoms with E-state index in [1.165, 1.54) is 25.5 Å². The summed E-state index contributed by atoms with van der Waals surface area (Å²) in [6.45, 7) is 8.41. The van der Waals surface area contributed by atoms with Crippen LogP contribution in [0.1, 0.15) is 95.0 Å². The van der Waals surface area contributed by atoms with Crippen LogP contribution in [-0.2, 0) is 25.6 Å². The van der Waals surface area contributed by atoms with E-state index in [4.69, 9.17) is 26.2 Å². The SMILES string of the molecule is C/C(C(N)=Nc1ccc2c(c1)CN(C1CCCCC1)C2=O)=C(N)\C=C/NC=O.CC(C)(C)OC(=O)C1CCC(CC#N)CO1. The first-order chi connectivity index (χ1) is 20.9. The molecule has 5 N–H and O–H groups in total. The molecule has 2 fully saturated rings. The Hall–Kier alpha value is -4.17. The smallest absolute Gasteiger partial charge is 0.335 e. The maximum Gasteiger partial charge on any atom is 0.335 e. The Morgan fingerprint density at radius 3 is 2.55 bits per heavy atom. The predicted octanol–water partition coefficient (Wildman–Crippen LogP) is 4.49. The summed E-state index contributed by atoms with van der Waals surface area (Å²) >= 11 is 0. The summed E-state index contributed by atoms with van der Waals surface area (Å²) in [6.07, 6.45) is 10.9. The minimum Gasteiger partial charge on any atom is -0.458 e. The molecular weight excluding hydrogens is 560 g/mol. The van der Waals surface area contributed by atoms with E-state index < -0.39 is 11.7 Å². The molecule has 11 heteroatoms. The maximum absolute atomic E-state index is 12.8. The predicted molar refractivity (Wildman–Crippen MR) is 168 cm³/mol. The van der Waals surface area contributed by atoms with Gasteiger partial charge in [0.1, 0.15) is 11.4 Å². The average molecular weight is 607 g/mol. The van der Waals surface area contributed by atoms with Crippen LogP contribution in [0.25, 0.3) is 0 Å². The number of fused-ring (bicyclic) bond motifs is 1. The Balaban J connectivity index is 0.000000281. The van der Waals surface area contributed by atoms with Crippen molar-refractivity contribution in [3.63, 3.8) is 0 Å². The lowest BCUT2D eigenvalue weighted by Gasteiger charge is -2.30. The molecule has 1 aromatic carbocycles. The Morgan fingerprint density at radius 1 is 1.20 bits per heavy atom. The van der Waals surface area contributed by atoms with Crippen LogP contribution in [0.2, 0.25) is 0 Å². The Bertz CT molecular complexity index is 1310. The maximum atomic E-state index is 12.8. The number of allylic oxidation sites excluding steroid dienone is 1. The molecule has 11 nitrogen and oxygen atoms in total. The Labute approximate surface area is 260 Å². The van der Waals surface area contributed by atoms with Crippen molar-refractivity contribution in [2.75, 3.05) is 6.61 Å². The van der Waals surface area contributed by atoms with Crippen LogP contribution in [0.15, 0.2) is 46.7 Å². The summed E-state index contributed by atoms with van der Waals surface area (Å²) in [4.78, 5) is 41.2. The van der Waals surface area contributed by atoms with E-state index in [1.807, 2.05) is 37.8 Å². The summed E-state index contributed by atoms with van der Waals surface area (Å²) in [5, 5.41) is 10.9. The number of carbonyl (C=O) groups is 3. The van der Waals surface area contributed by atoms with Crippen LogP contribution in [0.3, 0.4) is 0 Å². The molecule has 1 saturated heterocycles. The van der Waals surface area contributed by atoms with Crippen molar-refractivity contribution < 1.29 is 23.9 Å². The molecule has 4 rings (SSSR count). The largest absolute Gasteiger partial charge is 0.458 e. The van der Waals surface area contributed by atoms with Gasteiger partial charge < -0.3 is 31.2 Å². The molecule has 2 atom stereocenters. The van der Waals surface area contributed by atoms with Gasteiger partial charge in [-0.25, -0.2) is 9.79 Å².